The van der Waals surface area contributed by atoms with Crippen LogP contribution in [0.25, 0.3) is 0 Å². The summed E-state index contributed by atoms with van der Waals surface area (Å²) >= 11 is 0. The van der Waals surface area contributed by atoms with Crippen LogP contribution in [0, 0.1) is 6.92 Å². The molecule has 1 rings (SSSR count). The first-order chi connectivity index (χ1) is 7.77. The van der Waals surface area contributed by atoms with Gasteiger partial charge >= 0.3 is 0 Å². The van der Waals surface area contributed by atoms with Gasteiger partial charge in [0.05, 0.1) is 12.8 Å². The molecule has 4 heteroatoms. The van der Waals surface area contributed by atoms with E-state index in [1.165, 1.54) is 18.7 Å². The van der Waals surface area contributed by atoms with Crippen LogP contribution in [0.4, 0.5) is 5.69 Å². The van der Waals surface area contributed by atoms with Crippen molar-refractivity contribution in [2.24, 2.45) is 0 Å². The van der Waals surface area contributed by atoms with Crippen molar-refractivity contribution in [1.29, 1.82) is 0 Å². The highest BCUT2D eigenvalue weighted by Gasteiger charge is 2.29. The molecule has 0 fully saturated rings. The predicted molar refractivity (Wildman–Crippen MR) is 67.4 cm³/mol. The SMILES string of the molecule is COc1ccc(C)cc1N(C)C(=O)C(C)(C)O. The standard InChI is InChI=1S/C13H19NO3/c1-9-6-7-11(17-5)10(8-9)14(4)12(15)13(2,3)16/h6-8,16H,1-5H3. The molecule has 1 N–H and O–H groups in total. The van der Waals surface area contributed by atoms with Crippen molar-refractivity contribution < 1.29 is 14.6 Å². The summed E-state index contributed by atoms with van der Waals surface area (Å²) in [5.74, 6) is 0.233. The molecule has 0 aliphatic carbocycles. The molecule has 1 aromatic carbocycles. The van der Waals surface area contributed by atoms with Crippen molar-refractivity contribution in [3.05, 3.63) is 23.8 Å². The molecule has 17 heavy (non-hydrogen) atoms. The minimum atomic E-state index is -1.40. The lowest BCUT2D eigenvalue weighted by Gasteiger charge is -2.26. The largest absolute Gasteiger partial charge is 0.495 e. The topological polar surface area (TPSA) is 49.8 Å². The number of aryl methyl sites for hydroxylation is 1. The zero-order chi connectivity index (χ0) is 13.2. The minimum Gasteiger partial charge on any atom is -0.495 e. The number of hydrogen-bond acceptors (Lipinski definition) is 3. The van der Waals surface area contributed by atoms with Crippen LogP contribution in [0.5, 0.6) is 5.75 Å². The number of anilines is 1. The first-order valence-corrected chi connectivity index (χ1v) is 5.42. The highest BCUT2D eigenvalue weighted by Crippen LogP contribution is 2.29. The van der Waals surface area contributed by atoms with E-state index in [0.29, 0.717) is 11.4 Å². The zero-order valence-electron chi connectivity index (χ0n) is 10.9. The molecule has 0 aliphatic heterocycles. The van der Waals surface area contributed by atoms with Gasteiger partial charge in [-0.1, -0.05) is 6.07 Å². The van der Waals surface area contributed by atoms with Crippen molar-refractivity contribution in [2.45, 2.75) is 26.4 Å². The maximum Gasteiger partial charge on any atom is 0.258 e. The Morgan fingerprint density at radius 1 is 1.41 bits per heavy atom. The molecular weight excluding hydrogens is 218 g/mol. The Hall–Kier alpha value is -1.55. The van der Waals surface area contributed by atoms with Crippen LogP contribution in [0.3, 0.4) is 0 Å². The average Bonchev–Trinajstić information content (AvgIpc) is 2.25. The van der Waals surface area contributed by atoms with E-state index in [-0.39, 0.29) is 5.91 Å². The number of hydrogen-bond donors (Lipinski definition) is 1. The van der Waals surface area contributed by atoms with Crippen LogP contribution in [-0.4, -0.2) is 30.8 Å². The van der Waals surface area contributed by atoms with Gasteiger partial charge in [0, 0.05) is 7.05 Å². The molecule has 0 aliphatic rings. The lowest BCUT2D eigenvalue weighted by molar-refractivity contribution is -0.133. The molecule has 0 unspecified atom stereocenters. The number of nitrogens with zero attached hydrogens (tertiary/aromatic N) is 1. The third kappa shape index (κ3) is 2.97. The molecule has 0 heterocycles. The number of benzene rings is 1. The van der Waals surface area contributed by atoms with Gasteiger partial charge in [0.15, 0.2) is 0 Å². The van der Waals surface area contributed by atoms with Crippen molar-refractivity contribution >= 4 is 11.6 Å². The predicted octanol–water partition coefficient (Wildman–Crippen LogP) is 1.74. The van der Waals surface area contributed by atoms with Crippen LogP contribution in [0.15, 0.2) is 18.2 Å². The highest BCUT2D eigenvalue weighted by molar-refractivity contribution is 5.99. The fraction of sp³-hybridized carbons (Fsp3) is 0.462. The number of carbonyl (C=O) groups is 1. The Balaban J connectivity index is 3.15. The van der Waals surface area contributed by atoms with Gasteiger partial charge in [0.25, 0.3) is 5.91 Å². The van der Waals surface area contributed by atoms with Gasteiger partial charge in [-0.15, -0.1) is 0 Å². The average molecular weight is 237 g/mol. The first kappa shape index (κ1) is 13.5. The van der Waals surface area contributed by atoms with Crippen LogP contribution in [0.1, 0.15) is 19.4 Å². The summed E-state index contributed by atoms with van der Waals surface area (Å²) in [6.07, 6.45) is 0. The number of ether oxygens (including phenoxy) is 1. The first-order valence-electron chi connectivity index (χ1n) is 5.42. The molecule has 94 valence electrons. The Morgan fingerprint density at radius 3 is 2.47 bits per heavy atom. The number of methoxy groups -OCH3 is 1. The lowest BCUT2D eigenvalue weighted by atomic mass is 10.1. The summed E-state index contributed by atoms with van der Waals surface area (Å²) in [6.45, 7) is 4.87. The second-order valence-corrected chi connectivity index (χ2v) is 4.60. The molecule has 0 saturated heterocycles. The van der Waals surface area contributed by atoms with Gasteiger partial charge < -0.3 is 14.7 Å². The van der Waals surface area contributed by atoms with Crippen molar-refractivity contribution in [3.63, 3.8) is 0 Å². The summed E-state index contributed by atoms with van der Waals surface area (Å²) in [5, 5.41) is 9.72. The second-order valence-electron chi connectivity index (χ2n) is 4.60. The van der Waals surface area contributed by atoms with Gasteiger partial charge in [-0.25, -0.2) is 0 Å². The maximum absolute atomic E-state index is 12.0. The summed E-state index contributed by atoms with van der Waals surface area (Å²) in [5.41, 5.74) is 0.277. The molecule has 0 bridgehead atoms. The molecule has 0 radical (unpaired) electrons. The molecule has 0 spiro atoms. The van der Waals surface area contributed by atoms with Crippen LogP contribution in [0.2, 0.25) is 0 Å². The van der Waals surface area contributed by atoms with E-state index < -0.39 is 5.60 Å². The van der Waals surface area contributed by atoms with Gasteiger partial charge in [-0.3, -0.25) is 4.79 Å². The molecule has 0 aromatic heterocycles. The van der Waals surface area contributed by atoms with Crippen LogP contribution < -0.4 is 9.64 Å². The quantitative estimate of drug-likeness (QED) is 0.871. The third-order valence-corrected chi connectivity index (χ3v) is 2.52. The van der Waals surface area contributed by atoms with E-state index in [0.717, 1.165) is 5.56 Å². The number of carbonyl (C=O) groups excluding carboxylic acids is 1. The number of aliphatic hydroxyl groups is 1. The van der Waals surface area contributed by atoms with Gasteiger partial charge in [-0.2, -0.15) is 0 Å². The molecule has 1 aromatic rings. The number of rotatable bonds is 3. The van der Waals surface area contributed by atoms with E-state index in [4.69, 9.17) is 4.74 Å². The summed E-state index contributed by atoms with van der Waals surface area (Å²) in [4.78, 5) is 13.4. The molecule has 4 nitrogen and oxygen atoms in total. The number of amides is 1. The fourth-order valence-electron chi connectivity index (χ4n) is 1.58. The van der Waals surface area contributed by atoms with E-state index in [1.54, 1.807) is 20.2 Å². The van der Waals surface area contributed by atoms with Gasteiger partial charge in [0.1, 0.15) is 11.4 Å². The Kier molecular flexibility index (Phi) is 3.78. The van der Waals surface area contributed by atoms with Crippen molar-refractivity contribution in [3.8, 4) is 5.75 Å². The smallest absolute Gasteiger partial charge is 0.258 e. The molecular formula is C13H19NO3. The summed E-state index contributed by atoms with van der Waals surface area (Å²) in [7, 11) is 3.17. The highest BCUT2D eigenvalue weighted by atomic mass is 16.5. The van der Waals surface area contributed by atoms with Crippen LogP contribution in [-0.2, 0) is 4.79 Å². The number of likely N-dealkylation sites (N-methyl/N-ethyl adjacent to an activating group) is 1. The van der Waals surface area contributed by atoms with Crippen molar-refractivity contribution in [1.82, 2.24) is 0 Å². The Morgan fingerprint density at radius 2 is 2.00 bits per heavy atom. The van der Waals surface area contributed by atoms with E-state index >= 15 is 0 Å². The monoisotopic (exact) mass is 237 g/mol. The summed E-state index contributed by atoms with van der Waals surface area (Å²) < 4.78 is 5.21. The van der Waals surface area contributed by atoms with E-state index in [9.17, 15) is 9.90 Å². The lowest BCUT2D eigenvalue weighted by Crippen LogP contribution is -2.43. The molecule has 0 atom stereocenters. The second kappa shape index (κ2) is 4.75. The van der Waals surface area contributed by atoms with E-state index in [2.05, 4.69) is 0 Å². The van der Waals surface area contributed by atoms with Crippen LogP contribution >= 0.6 is 0 Å². The zero-order valence-corrected chi connectivity index (χ0v) is 10.9. The Bertz CT molecular complexity index is 421. The normalized spacial score (nSPS) is 11.2. The van der Waals surface area contributed by atoms with Gasteiger partial charge in [-0.05, 0) is 38.5 Å². The van der Waals surface area contributed by atoms with Crippen molar-refractivity contribution in [2.75, 3.05) is 19.1 Å². The van der Waals surface area contributed by atoms with Gasteiger partial charge in [0.2, 0.25) is 0 Å². The third-order valence-electron chi connectivity index (χ3n) is 2.52. The molecule has 0 saturated carbocycles. The van der Waals surface area contributed by atoms with E-state index in [1.807, 2.05) is 19.1 Å². The minimum absolute atomic E-state index is 0.374. The fourth-order valence-corrected chi connectivity index (χ4v) is 1.58. The molecule has 1 amide bonds. The Labute approximate surface area is 102 Å². The maximum atomic E-state index is 12.0. The summed E-state index contributed by atoms with van der Waals surface area (Å²) in [6, 6.07) is 5.56.